The molecule has 0 aromatic carbocycles. The normalized spacial score (nSPS) is 26.8. The van der Waals surface area contributed by atoms with Gasteiger partial charge < -0.3 is 20.4 Å². The van der Waals surface area contributed by atoms with Gasteiger partial charge in [0.2, 0.25) is 5.54 Å². The molecule has 3 N–H and O–H groups in total. The predicted octanol–water partition coefficient (Wildman–Crippen LogP) is 0.948. The van der Waals surface area contributed by atoms with Crippen LogP contribution < -0.4 is 5.32 Å². The Morgan fingerprint density at radius 3 is 2.30 bits per heavy atom. The number of aliphatic carboxylic acids is 1. The lowest BCUT2D eigenvalue weighted by molar-refractivity contribution is -0.203. The third kappa shape index (κ3) is 3.33. The molecule has 1 fully saturated rings. The van der Waals surface area contributed by atoms with Crippen molar-refractivity contribution in [2.45, 2.75) is 44.0 Å². The number of carbonyl (C=O) groups is 2. The largest absolute Gasteiger partial charge is 0.479 e. The first-order chi connectivity index (χ1) is 8.89. The van der Waals surface area contributed by atoms with Crippen LogP contribution in [0.1, 0.15) is 26.7 Å². The van der Waals surface area contributed by atoms with Crippen molar-refractivity contribution in [2.75, 3.05) is 13.1 Å². The monoisotopic (exact) mass is 298 g/mol. The molecule has 0 aromatic heterocycles. The molecule has 1 saturated heterocycles. The Bertz CT molecular complexity index is 411. The van der Waals surface area contributed by atoms with Gasteiger partial charge in [-0.25, -0.2) is 9.59 Å². The highest BCUT2D eigenvalue weighted by Crippen LogP contribution is 2.31. The minimum Gasteiger partial charge on any atom is -0.479 e. The molecule has 1 aliphatic heterocycles. The number of carboxylic acids is 1. The van der Waals surface area contributed by atoms with Crippen molar-refractivity contribution in [3.05, 3.63) is 0 Å². The minimum atomic E-state index is -5.13. The van der Waals surface area contributed by atoms with Crippen molar-refractivity contribution in [3.8, 4) is 0 Å². The number of rotatable bonds is 2. The molecule has 0 bridgehead atoms. The van der Waals surface area contributed by atoms with Crippen LogP contribution in [0.2, 0.25) is 0 Å². The maximum absolute atomic E-state index is 12.8. The van der Waals surface area contributed by atoms with E-state index in [1.165, 1.54) is 12.2 Å². The Balaban J connectivity index is 2.85. The molecular weight excluding hydrogens is 281 g/mol. The summed E-state index contributed by atoms with van der Waals surface area (Å²) in [7, 11) is 0. The average molecular weight is 298 g/mol. The number of piperidine rings is 1. The summed E-state index contributed by atoms with van der Waals surface area (Å²) in [5.41, 5.74) is -4.55. The van der Waals surface area contributed by atoms with E-state index in [2.05, 4.69) is 0 Å². The van der Waals surface area contributed by atoms with Crippen LogP contribution in [0.3, 0.4) is 0 Å². The molecule has 2 unspecified atom stereocenters. The lowest BCUT2D eigenvalue weighted by atomic mass is 9.95. The van der Waals surface area contributed by atoms with Gasteiger partial charge in [0.15, 0.2) is 0 Å². The second kappa shape index (κ2) is 5.12. The molecule has 0 aliphatic carbocycles. The number of amides is 2. The quantitative estimate of drug-likeness (QED) is 0.708. The molecule has 116 valence electrons. The Labute approximate surface area is 113 Å². The minimum absolute atomic E-state index is 0.146. The summed E-state index contributed by atoms with van der Waals surface area (Å²) < 4.78 is 38.3. The summed E-state index contributed by atoms with van der Waals surface area (Å²) in [5.74, 6) is -2.19. The number of nitrogens with zero attached hydrogens (tertiary/aromatic N) is 1. The molecule has 9 heteroatoms. The number of nitrogens with one attached hydrogen (secondary N) is 1. The van der Waals surface area contributed by atoms with Crippen molar-refractivity contribution in [2.24, 2.45) is 0 Å². The molecule has 0 radical (unpaired) electrons. The van der Waals surface area contributed by atoms with Crippen LogP contribution in [0, 0.1) is 0 Å². The molecule has 2 atom stereocenters. The number of aliphatic hydroxyl groups is 1. The van der Waals surface area contributed by atoms with Crippen molar-refractivity contribution < 1.29 is 33.0 Å². The Morgan fingerprint density at radius 1 is 1.35 bits per heavy atom. The molecule has 1 aliphatic rings. The van der Waals surface area contributed by atoms with Crippen molar-refractivity contribution >= 4 is 12.0 Å². The molecule has 2 amide bonds. The number of β-amino-alcohol motifs (C(OH)–C–C–N with tert-alkyl or cyclic N) is 1. The molecule has 20 heavy (non-hydrogen) atoms. The summed E-state index contributed by atoms with van der Waals surface area (Å²) in [5, 5.41) is 20.0. The first kappa shape index (κ1) is 16.5. The van der Waals surface area contributed by atoms with Crippen LogP contribution in [-0.4, -0.2) is 57.5 Å². The highest BCUT2D eigenvalue weighted by atomic mass is 19.4. The number of urea groups is 1. The van der Waals surface area contributed by atoms with Gasteiger partial charge in [-0.3, -0.25) is 0 Å². The topological polar surface area (TPSA) is 89.9 Å². The van der Waals surface area contributed by atoms with Gasteiger partial charge in [0.05, 0.1) is 12.1 Å². The standard InChI is InChI=1S/C11H17F3N2O4/c1-9(20)4-3-5-16(6-9)8(19)15-10(2,7(17)18)11(12,13)14/h20H,3-6H2,1-2H3,(H,15,19)(H,17,18). The van der Waals surface area contributed by atoms with Crippen LogP contribution in [0.4, 0.5) is 18.0 Å². The van der Waals surface area contributed by atoms with Crippen LogP contribution >= 0.6 is 0 Å². The molecule has 0 saturated carbocycles. The Morgan fingerprint density at radius 2 is 1.90 bits per heavy atom. The second-order valence-electron chi connectivity index (χ2n) is 5.38. The third-order valence-electron chi connectivity index (χ3n) is 3.31. The average Bonchev–Trinajstić information content (AvgIpc) is 2.25. The van der Waals surface area contributed by atoms with Crippen molar-refractivity contribution in [1.82, 2.24) is 10.2 Å². The fourth-order valence-corrected chi connectivity index (χ4v) is 1.93. The van der Waals surface area contributed by atoms with E-state index in [9.17, 15) is 27.9 Å². The number of carboxylic acid groups (broad SMARTS) is 1. The molecule has 0 aromatic rings. The molecule has 0 spiro atoms. The van der Waals surface area contributed by atoms with Gasteiger partial charge in [0.25, 0.3) is 0 Å². The van der Waals surface area contributed by atoms with E-state index in [0.717, 1.165) is 4.90 Å². The highest BCUT2D eigenvalue weighted by Gasteiger charge is 2.59. The van der Waals surface area contributed by atoms with Gasteiger partial charge in [0, 0.05) is 6.54 Å². The molecule has 1 heterocycles. The molecule has 6 nitrogen and oxygen atoms in total. The molecule has 1 rings (SSSR count). The zero-order chi connectivity index (χ0) is 15.8. The number of carbonyl (C=O) groups excluding carboxylic acids is 1. The Kier molecular flexibility index (Phi) is 4.23. The van der Waals surface area contributed by atoms with E-state index in [0.29, 0.717) is 19.8 Å². The number of likely N-dealkylation sites (tertiary alicyclic amines) is 1. The van der Waals surface area contributed by atoms with E-state index in [4.69, 9.17) is 5.11 Å². The summed E-state index contributed by atoms with van der Waals surface area (Å²) in [6, 6.07) is -1.16. The van der Waals surface area contributed by atoms with Gasteiger partial charge in [-0.15, -0.1) is 0 Å². The fourth-order valence-electron chi connectivity index (χ4n) is 1.93. The zero-order valence-corrected chi connectivity index (χ0v) is 11.1. The highest BCUT2D eigenvalue weighted by molar-refractivity contribution is 5.86. The number of hydrogen-bond donors (Lipinski definition) is 3. The third-order valence-corrected chi connectivity index (χ3v) is 3.31. The number of halogens is 3. The lowest BCUT2D eigenvalue weighted by Gasteiger charge is -2.38. The van der Waals surface area contributed by atoms with Crippen LogP contribution in [0.15, 0.2) is 0 Å². The summed E-state index contributed by atoms with van der Waals surface area (Å²) in [4.78, 5) is 23.6. The van der Waals surface area contributed by atoms with Crippen LogP contribution in [0.5, 0.6) is 0 Å². The summed E-state index contributed by atoms with van der Waals surface area (Å²) in [6.07, 6.45) is -4.28. The molecular formula is C11H17F3N2O4. The van der Waals surface area contributed by atoms with Crippen LogP contribution in [-0.2, 0) is 4.79 Å². The first-order valence-electron chi connectivity index (χ1n) is 5.99. The summed E-state index contributed by atoms with van der Waals surface area (Å²) >= 11 is 0. The van der Waals surface area contributed by atoms with Gasteiger partial charge >= 0.3 is 18.2 Å². The Hall–Kier alpha value is -1.51. The van der Waals surface area contributed by atoms with Gasteiger partial charge in [-0.05, 0) is 26.7 Å². The van der Waals surface area contributed by atoms with Gasteiger partial charge in [-0.1, -0.05) is 0 Å². The van der Waals surface area contributed by atoms with Gasteiger partial charge in [0.1, 0.15) is 0 Å². The maximum Gasteiger partial charge on any atom is 0.422 e. The van der Waals surface area contributed by atoms with Crippen molar-refractivity contribution in [3.63, 3.8) is 0 Å². The smallest absolute Gasteiger partial charge is 0.422 e. The van der Waals surface area contributed by atoms with Crippen molar-refractivity contribution in [1.29, 1.82) is 0 Å². The fraction of sp³-hybridized carbons (Fsp3) is 0.818. The first-order valence-corrected chi connectivity index (χ1v) is 5.99. The lowest BCUT2D eigenvalue weighted by Crippen LogP contribution is -2.65. The van der Waals surface area contributed by atoms with E-state index in [1.807, 2.05) is 0 Å². The zero-order valence-electron chi connectivity index (χ0n) is 11.1. The second-order valence-corrected chi connectivity index (χ2v) is 5.38. The van der Waals surface area contributed by atoms with Gasteiger partial charge in [-0.2, -0.15) is 13.2 Å². The van der Waals surface area contributed by atoms with Crippen LogP contribution in [0.25, 0.3) is 0 Å². The van der Waals surface area contributed by atoms with E-state index in [-0.39, 0.29) is 13.1 Å². The maximum atomic E-state index is 12.8. The SMILES string of the molecule is CC1(O)CCCN(C(=O)NC(C)(C(=O)O)C(F)(F)F)C1. The number of hydrogen-bond acceptors (Lipinski definition) is 3. The van der Waals surface area contributed by atoms with E-state index >= 15 is 0 Å². The number of alkyl halides is 3. The predicted molar refractivity (Wildman–Crippen MR) is 62.1 cm³/mol. The van der Waals surface area contributed by atoms with E-state index in [1.54, 1.807) is 0 Å². The summed E-state index contributed by atoms with van der Waals surface area (Å²) in [6.45, 7) is 1.86. The van der Waals surface area contributed by atoms with E-state index < -0.39 is 29.3 Å².